The normalized spacial score (nSPS) is 16.2. The monoisotopic (exact) mass is 598 g/mol. The highest BCUT2D eigenvalue weighted by Gasteiger charge is 2.28. The average molecular weight is 599 g/mol. The van der Waals surface area contributed by atoms with Gasteiger partial charge in [0.05, 0.1) is 24.9 Å². The van der Waals surface area contributed by atoms with Crippen LogP contribution in [0.5, 0.6) is 0 Å². The molecule has 1 amide bonds. The molecule has 0 unspecified atom stereocenters. The topological polar surface area (TPSA) is 138 Å². The van der Waals surface area contributed by atoms with E-state index in [0.717, 1.165) is 29.3 Å². The van der Waals surface area contributed by atoms with Crippen molar-refractivity contribution in [1.29, 1.82) is 0 Å². The zero-order chi connectivity index (χ0) is 30.7. The number of amides is 1. The number of carbonyl (C=O) groups is 2. The summed E-state index contributed by atoms with van der Waals surface area (Å²) in [5.74, 6) is 1.76. The van der Waals surface area contributed by atoms with E-state index in [1.165, 1.54) is 0 Å². The Bertz CT molecular complexity index is 1630. The molecule has 0 atom stereocenters. The van der Waals surface area contributed by atoms with Crippen LogP contribution in [0.3, 0.4) is 0 Å². The van der Waals surface area contributed by atoms with Gasteiger partial charge in [0, 0.05) is 54.8 Å². The number of nitrogens with zero attached hydrogens (tertiary/aromatic N) is 6. The third-order valence-corrected chi connectivity index (χ3v) is 7.82. The van der Waals surface area contributed by atoms with E-state index in [9.17, 15) is 9.59 Å². The number of hydrogen-bond donors (Lipinski definition) is 2. The Morgan fingerprint density at radius 1 is 1.02 bits per heavy atom. The van der Waals surface area contributed by atoms with Gasteiger partial charge in [0.1, 0.15) is 5.60 Å². The molecule has 2 aliphatic heterocycles. The molecule has 4 aromatic rings. The van der Waals surface area contributed by atoms with Crippen LogP contribution in [0.2, 0.25) is 0 Å². The van der Waals surface area contributed by atoms with Gasteiger partial charge in [0.25, 0.3) is 0 Å². The number of aromatic nitrogens is 5. The van der Waals surface area contributed by atoms with Crippen LogP contribution in [-0.2, 0) is 9.47 Å². The number of anilines is 3. The Morgan fingerprint density at radius 3 is 2.57 bits per heavy atom. The van der Waals surface area contributed by atoms with Gasteiger partial charge in [-0.05, 0) is 57.7 Å². The first-order chi connectivity index (χ1) is 21.2. The summed E-state index contributed by atoms with van der Waals surface area (Å²) in [7, 11) is 0. The predicted molar refractivity (Wildman–Crippen MR) is 167 cm³/mol. The third kappa shape index (κ3) is 6.96. The molecule has 2 N–H and O–H groups in total. The van der Waals surface area contributed by atoms with E-state index >= 15 is 0 Å². The maximum Gasteiger partial charge on any atom is 0.410 e. The number of ether oxygens (including phenoxy) is 2. The van der Waals surface area contributed by atoms with Crippen molar-refractivity contribution in [1.82, 2.24) is 30.0 Å². The third-order valence-electron chi connectivity index (χ3n) is 7.82. The van der Waals surface area contributed by atoms with Crippen LogP contribution in [-0.4, -0.2) is 86.9 Å². The second-order valence-corrected chi connectivity index (χ2v) is 12.3. The standard InChI is InChI=1S/C32H38N8O4/c1-32(2,3)44-31(42)40-12-10-21(11-13-40)18-27(41)22-6-4-7-23(19-22)34-29-35-28(24-8-5-9-26-25(24)20-33-38-26)36-30(37-29)39-14-16-43-17-15-39/h4-9,19-21H,10-18H2,1-3H3,(H,33,38)(H,34,35,36,37). The van der Waals surface area contributed by atoms with Gasteiger partial charge in [-0.15, -0.1) is 0 Å². The minimum absolute atomic E-state index is 0.0707. The second kappa shape index (κ2) is 12.6. The van der Waals surface area contributed by atoms with E-state index < -0.39 is 5.60 Å². The summed E-state index contributed by atoms with van der Waals surface area (Å²) in [6.45, 7) is 9.34. The maximum atomic E-state index is 13.3. The molecule has 0 spiro atoms. The minimum Gasteiger partial charge on any atom is -0.444 e. The lowest BCUT2D eigenvalue weighted by Gasteiger charge is -2.33. The molecule has 2 aliphatic rings. The van der Waals surface area contributed by atoms with E-state index in [1.807, 2.05) is 63.2 Å². The van der Waals surface area contributed by atoms with E-state index in [2.05, 4.69) is 20.4 Å². The minimum atomic E-state index is -0.524. The average Bonchev–Trinajstić information content (AvgIpc) is 3.50. The molecule has 230 valence electrons. The van der Waals surface area contributed by atoms with Gasteiger partial charge >= 0.3 is 6.09 Å². The molecule has 4 heterocycles. The zero-order valence-electron chi connectivity index (χ0n) is 25.4. The van der Waals surface area contributed by atoms with E-state index in [-0.39, 0.29) is 17.8 Å². The van der Waals surface area contributed by atoms with Crippen molar-refractivity contribution in [3.05, 3.63) is 54.2 Å². The molecule has 2 saturated heterocycles. The fraction of sp³-hybridized carbons (Fsp3) is 0.438. The summed E-state index contributed by atoms with van der Waals surface area (Å²) in [5, 5.41) is 11.4. The number of benzene rings is 2. The predicted octanol–water partition coefficient (Wildman–Crippen LogP) is 5.22. The van der Waals surface area contributed by atoms with Crippen LogP contribution < -0.4 is 10.2 Å². The summed E-state index contributed by atoms with van der Waals surface area (Å²) in [6, 6.07) is 13.3. The number of H-pyrrole nitrogens is 1. The molecule has 0 bridgehead atoms. The summed E-state index contributed by atoms with van der Waals surface area (Å²) in [4.78, 5) is 43.9. The SMILES string of the molecule is CC(C)(C)OC(=O)N1CCC(CC(=O)c2cccc(Nc3nc(-c4cccc5[nH]ncc45)nc(N4CCOCC4)n3)c2)CC1. The Hall–Kier alpha value is -4.58. The number of fused-ring (bicyclic) bond motifs is 1. The van der Waals surface area contributed by atoms with Crippen LogP contribution in [0.1, 0.15) is 50.4 Å². The quantitative estimate of drug-likeness (QED) is 0.272. The van der Waals surface area contributed by atoms with Gasteiger partial charge in [-0.3, -0.25) is 9.89 Å². The molecule has 2 fully saturated rings. The van der Waals surface area contributed by atoms with E-state index in [0.29, 0.717) is 74.8 Å². The van der Waals surface area contributed by atoms with E-state index in [4.69, 9.17) is 24.4 Å². The number of aromatic amines is 1. The lowest BCUT2D eigenvalue weighted by atomic mass is 9.90. The highest BCUT2D eigenvalue weighted by Crippen LogP contribution is 2.29. The molecule has 12 nitrogen and oxygen atoms in total. The van der Waals surface area contributed by atoms with Gasteiger partial charge in [-0.1, -0.05) is 24.3 Å². The number of Topliss-reactive ketones (excluding diaryl/α,β-unsaturated/α-hetero) is 1. The highest BCUT2D eigenvalue weighted by atomic mass is 16.6. The van der Waals surface area contributed by atoms with Gasteiger partial charge in [0.15, 0.2) is 11.6 Å². The zero-order valence-corrected chi connectivity index (χ0v) is 25.4. The van der Waals surface area contributed by atoms with Crippen molar-refractivity contribution in [3.8, 4) is 11.4 Å². The first-order valence-electron chi connectivity index (χ1n) is 15.1. The number of ketones is 1. The number of piperidine rings is 1. The number of nitrogens with one attached hydrogen (secondary N) is 2. The Morgan fingerprint density at radius 2 is 1.80 bits per heavy atom. The summed E-state index contributed by atoms with van der Waals surface area (Å²) < 4.78 is 11.0. The molecule has 2 aromatic carbocycles. The fourth-order valence-electron chi connectivity index (χ4n) is 5.53. The number of rotatable bonds is 7. The molecular weight excluding hydrogens is 560 g/mol. The van der Waals surface area contributed by atoms with Crippen molar-refractivity contribution < 1.29 is 19.1 Å². The summed E-state index contributed by atoms with van der Waals surface area (Å²) in [5.41, 5.74) is 2.55. The van der Waals surface area contributed by atoms with Crippen LogP contribution in [0.15, 0.2) is 48.7 Å². The molecule has 6 rings (SSSR count). The first-order valence-corrected chi connectivity index (χ1v) is 15.1. The first kappa shape index (κ1) is 29.5. The van der Waals surface area contributed by atoms with E-state index in [1.54, 1.807) is 11.1 Å². The number of carbonyl (C=O) groups excluding carboxylic acids is 2. The van der Waals surface area contributed by atoms with Gasteiger partial charge in [-0.2, -0.15) is 20.1 Å². The Labute approximate surface area is 256 Å². The summed E-state index contributed by atoms with van der Waals surface area (Å²) >= 11 is 0. The van der Waals surface area contributed by atoms with Crippen molar-refractivity contribution in [2.24, 2.45) is 5.92 Å². The smallest absolute Gasteiger partial charge is 0.410 e. The van der Waals surface area contributed by atoms with Gasteiger partial charge in [-0.25, -0.2) is 4.79 Å². The lowest BCUT2D eigenvalue weighted by molar-refractivity contribution is 0.0183. The van der Waals surface area contributed by atoms with Crippen LogP contribution >= 0.6 is 0 Å². The van der Waals surface area contributed by atoms with Crippen LogP contribution in [0.25, 0.3) is 22.3 Å². The molecule has 44 heavy (non-hydrogen) atoms. The van der Waals surface area contributed by atoms with Crippen molar-refractivity contribution in [2.45, 2.75) is 45.6 Å². The number of likely N-dealkylation sites (tertiary alicyclic amines) is 1. The molecule has 12 heteroatoms. The lowest BCUT2D eigenvalue weighted by Crippen LogP contribution is -2.42. The summed E-state index contributed by atoms with van der Waals surface area (Å²) in [6.07, 6.45) is 3.44. The second-order valence-electron chi connectivity index (χ2n) is 12.3. The van der Waals surface area contributed by atoms with Gasteiger partial charge in [0.2, 0.25) is 11.9 Å². The number of hydrogen-bond acceptors (Lipinski definition) is 10. The maximum absolute atomic E-state index is 13.3. The van der Waals surface area contributed by atoms with Crippen molar-refractivity contribution in [2.75, 3.05) is 49.6 Å². The molecule has 0 aliphatic carbocycles. The molecule has 0 radical (unpaired) electrons. The number of morpholine rings is 1. The van der Waals surface area contributed by atoms with Gasteiger partial charge < -0.3 is 24.6 Å². The Kier molecular flexibility index (Phi) is 8.42. The van der Waals surface area contributed by atoms with Crippen molar-refractivity contribution >= 4 is 40.4 Å². The molecular formula is C32H38N8O4. The molecule has 2 aromatic heterocycles. The Balaban J connectivity index is 1.17. The fourth-order valence-corrected chi connectivity index (χ4v) is 5.53. The van der Waals surface area contributed by atoms with Crippen molar-refractivity contribution in [3.63, 3.8) is 0 Å². The molecule has 0 saturated carbocycles. The van der Waals surface area contributed by atoms with Crippen LogP contribution in [0.4, 0.5) is 22.4 Å². The van der Waals surface area contributed by atoms with Crippen LogP contribution in [0, 0.1) is 5.92 Å². The highest BCUT2D eigenvalue weighted by molar-refractivity contribution is 5.97. The largest absolute Gasteiger partial charge is 0.444 e.